The van der Waals surface area contributed by atoms with E-state index in [1.54, 1.807) is 12.5 Å². The van der Waals surface area contributed by atoms with E-state index < -0.39 is 0 Å². The maximum absolute atomic E-state index is 12.4. The minimum atomic E-state index is -0.0809. The van der Waals surface area contributed by atoms with Gasteiger partial charge in [0.15, 0.2) is 0 Å². The van der Waals surface area contributed by atoms with Gasteiger partial charge in [-0.15, -0.1) is 0 Å². The van der Waals surface area contributed by atoms with E-state index in [0.717, 1.165) is 42.5 Å². The first-order valence-electron chi connectivity index (χ1n) is 9.00. The van der Waals surface area contributed by atoms with Crippen LogP contribution in [0.1, 0.15) is 29.5 Å². The van der Waals surface area contributed by atoms with Crippen LogP contribution in [-0.2, 0) is 22.5 Å². The summed E-state index contributed by atoms with van der Waals surface area (Å²) in [5, 5.41) is 8.21. The van der Waals surface area contributed by atoms with Crippen LogP contribution in [0.15, 0.2) is 35.2 Å². The Balaban J connectivity index is 1.41. The molecule has 1 aliphatic heterocycles. The molecule has 0 saturated carbocycles. The molecule has 1 saturated heterocycles. The molecule has 136 valence electrons. The number of hydrogen-bond acceptors (Lipinski definition) is 4. The highest BCUT2D eigenvalue weighted by atomic mass is 16.5. The Bertz CT molecular complexity index is 935. The molecule has 1 aromatic carbocycles. The molecular weight excluding hydrogens is 330 g/mol. The Hall–Kier alpha value is -2.60. The number of fused-ring (bicyclic) bond motifs is 1. The van der Waals surface area contributed by atoms with E-state index in [9.17, 15) is 4.79 Å². The molecule has 1 atom stereocenters. The van der Waals surface area contributed by atoms with Crippen molar-refractivity contribution in [1.29, 1.82) is 0 Å². The van der Waals surface area contributed by atoms with Crippen molar-refractivity contribution < 1.29 is 13.9 Å². The lowest BCUT2D eigenvalue weighted by atomic mass is 10.0. The summed E-state index contributed by atoms with van der Waals surface area (Å²) in [6.45, 7) is 5.67. The quantitative estimate of drug-likeness (QED) is 0.761. The largest absolute Gasteiger partial charge is 0.464 e. The molecule has 1 fully saturated rings. The molecule has 3 heterocycles. The van der Waals surface area contributed by atoms with Gasteiger partial charge in [0.25, 0.3) is 0 Å². The Labute approximate surface area is 152 Å². The van der Waals surface area contributed by atoms with Gasteiger partial charge in [-0.3, -0.25) is 9.48 Å². The predicted octanol–water partition coefficient (Wildman–Crippen LogP) is 3.61. The highest BCUT2D eigenvalue weighted by molar-refractivity contribution is 5.95. The van der Waals surface area contributed by atoms with Crippen LogP contribution in [0.3, 0.4) is 0 Å². The fraction of sp³-hybridized carbons (Fsp3) is 0.400. The average Bonchev–Trinajstić information content (AvgIpc) is 3.33. The number of benzene rings is 1. The van der Waals surface area contributed by atoms with Crippen LogP contribution in [0, 0.1) is 13.8 Å². The molecule has 2 aromatic heterocycles. The van der Waals surface area contributed by atoms with Crippen LogP contribution in [0.5, 0.6) is 0 Å². The van der Waals surface area contributed by atoms with Crippen molar-refractivity contribution >= 4 is 22.6 Å². The van der Waals surface area contributed by atoms with Gasteiger partial charge in [0.1, 0.15) is 5.58 Å². The molecule has 1 N–H and O–H groups in total. The number of rotatable bonds is 5. The summed E-state index contributed by atoms with van der Waals surface area (Å²) in [6, 6.07) is 4.09. The van der Waals surface area contributed by atoms with Crippen molar-refractivity contribution in [1.82, 2.24) is 9.78 Å². The summed E-state index contributed by atoms with van der Waals surface area (Å²) >= 11 is 0. The number of aryl methyl sites for hydroxylation is 2. The van der Waals surface area contributed by atoms with Gasteiger partial charge in [-0.2, -0.15) is 5.10 Å². The number of carbonyl (C=O) groups excluding carboxylic acids is 1. The lowest BCUT2D eigenvalue weighted by molar-refractivity contribution is -0.115. The first-order chi connectivity index (χ1) is 12.6. The molecule has 4 rings (SSSR count). The number of ether oxygens (including phenoxy) is 1. The first-order valence-corrected chi connectivity index (χ1v) is 9.00. The zero-order valence-corrected chi connectivity index (χ0v) is 15.1. The fourth-order valence-electron chi connectivity index (χ4n) is 3.38. The second-order valence-corrected chi connectivity index (χ2v) is 7.00. The molecule has 0 bridgehead atoms. The molecule has 1 aliphatic rings. The molecular formula is C20H23N3O3. The van der Waals surface area contributed by atoms with Gasteiger partial charge in [-0.05, 0) is 49.9 Å². The molecule has 0 spiro atoms. The summed E-state index contributed by atoms with van der Waals surface area (Å²) < 4.78 is 13.0. The minimum Gasteiger partial charge on any atom is -0.464 e. The van der Waals surface area contributed by atoms with Crippen LogP contribution >= 0.6 is 0 Å². The number of amides is 1. The van der Waals surface area contributed by atoms with Gasteiger partial charge in [0, 0.05) is 23.8 Å². The normalized spacial score (nSPS) is 17.1. The van der Waals surface area contributed by atoms with Crippen LogP contribution < -0.4 is 5.32 Å². The second kappa shape index (κ2) is 6.96. The lowest BCUT2D eigenvalue weighted by Gasteiger charge is -2.08. The summed E-state index contributed by atoms with van der Waals surface area (Å²) in [6.07, 6.45) is 7.86. The van der Waals surface area contributed by atoms with Crippen LogP contribution in [0.25, 0.3) is 11.0 Å². The van der Waals surface area contributed by atoms with Gasteiger partial charge in [-0.25, -0.2) is 0 Å². The van der Waals surface area contributed by atoms with Crippen LogP contribution in [-0.4, -0.2) is 28.4 Å². The summed E-state index contributed by atoms with van der Waals surface area (Å²) in [7, 11) is 0. The summed E-state index contributed by atoms with van der Waals surface area (Å²) in [5.41, 5.74) is 4.79. The third-order valence-corrected chi connectivity index (χ3v) is 4.95. The van der Waals surface area contributed by atoms with Gasteiger partial charge in [-0.1, -0.05) is 0 Å². The van der Waals surface area contributed by atoms with Crippen molar-refractivity contribution in [3.63, 3.8) is 0 Å². The smallest absolute Gasteiger partial charge is 0.229 e. The number of carbonyl (C=O) groups is 1. The summed E-state index contributed by atoms with van der Waals surface area (Å²) in [5.74, 6) is -0.0809. The minimum absolute atomic E-state index is 0.0809. The first kappa shape index (κ1) is 16.8. The number of anilines is 1. The Morgan fingerprint density at radius 3 is 3.00 bits per heavy atom. The highest BCUT2D eigenvalue weighted by Gasteiger charge is 2.17. The van der Waals surface area contributed by atoms with E-state index in [4.69, 9.17) is 9.15 Å². The van der Waals surface area contributed by atoms with Crippen LogP contribution in [0.4, 0.5) is 5.69 Å². The molecule has 6 nitrogen and oxygen atoms in total. The van der Waals surface area contributed by atoms with Crippen LogP contribution in [0.2, 0.25) is 0 Å². The van der Waals surface area contributed by atoms with E-state index in [-0.39, 0.29) is 18.4 Å². The molecule has 26 heavy (non-hydrogen) atoms. The van der Waals surface area contributed by atoms with E-state index in [0.29, 0.717) is 5.69 Å². The molecule has 0 unspecified atom stereocenters. The average molecular weight is 353 g/mol. The van der Waals surface area contributed by atoms with E-state index in [2.05, 4.69) is 30.3 Å². The van der Waals surface area contributed by atoms with Gasteiger partial charge in [0.2, 0.25) is 5.91 Å². The SMILES string of the molecule is Cc1cc2occ(CC(=O)Nc3cnn(C[C@@H]4CCCO4)c3)c2cc1C. The van der Waals surface area contributed by atoms with Crippen molar-refractivity contribution in [2.24, 2.45) is 0 Å². The zero-order valence-electron chi connectivity index (χ0n) is 15.1. The number of nitrogens with one attached hydrogen (secondary N) is 1. The van der Waals surface area contributed by atoms with Crippen molar-refractivity contribution in [3.05, 3.63) is 47.5 Å². The second-order valence-electron chi connectivity index (χ2n) is 7.00. The topological polar surface area (TPSA) is 69.3 Å². The number of aromatic nitrogens is 2. The highest BCUT2D eigenvalue weighted by Crippen LogP contribution is 2.25. The zero-order chi connectivity index (χ0) is 18.1. The van der Waals surface area contributed by atoms with Gasteiger partial charge in [0.05, 0.1) is 37.2 Å². The molecule has 0 radical (unpaired) electrons. The number of nitrogens with zero attached hydrogens (tertiary/aromatic N) is 2. The molecule has 0 aliphatic carbocycles. The maximum Gasteiger partial charge on any atom is 0.229 e. The Kier molecular flexibility index (Phi) is 4.51. The Morgan fingerprint density at radius 2 is 2.19 bits per heavy atom. The van der Waals surface area contributed by atoms with E-state index in [1.807, 2.05) is 16.9 Å². The van der Waals surface area contributed by atoms with Crippen molar-refractivity contribution in [3.8, 4) is 0 Å². The maximum atomic E-state index is 12.4. The summed E-state index contributed by atoms with van der Waals surface area (Å²) in [4.78, 5) is 12.4. The number of furan rings is 1. The third kappa shape index (κ3) is 3.51. The monoisotopic (exact) mass is 353 g/mol. The van der Waals surface area contributed by atoms with E-state index in [1.165, 1.54) is 11.1 Å². The predicted molar refractivity (Wildman–Crippen MR) is 99.2 cm³/mol. The molecule has 1 amide bonds. The number of hydrogen-bond donors (Lipinski definition) is 1. The third-order valence-electron chi connectivity index (χ3n) is 4.95. The van der Waals surface area contributed by atoms with Crippen molar-refractivity contribution in [2.75, 3.05) is 11.9 Å². The van der Waals surface area contributed by atoms with E-state index >= 15 is 0 Å². The Morgan fingerprint density at radius 1 is 1.35 bits per heavy atom. The standard InChI is InChI=1S/C20H23N3O3/c1-13-6-18-15(12-26-19(18)7-14(13)2)8-20(24)22-16-9-21-23(10-16)11-17-4-3-5-25-17/h6-7,9-10,12,17H,3-5,8,11H2,1-2H3,(H,22,24)/t17-/m0/s1. The fourth-order valence-corrected chi connectivity index (χ4v) is 3.38. The van der Waals surface area contributed by atoms with Crippen molar-refractivity contribution in [2.45, 2.75) is 45.8 Å². The van der Waals surface area contributed by atoms with Gasteiger partial charge >= 0.3 is 0 Å². The van der Waals surface area contributed by atoms with Gasteiger partial charge < -0.3 is 14.5 Å². The molecule has 6 heteroatoms. The lowest BCUT2D eigenvalue weighted by Crippen LogP contribution is -2.15. The molecule has 3 aromatic rings.